The third-order valence-electron chi connectivity index (χ3n) is 7.56. The number of sulfone groups is 1. The number of nitrogens with one attached hydrogen (secondary N) is 3. The molecule has 3 amide bonds. The maximum absolute atomic E-state index is 13.8. The van der Waals surface area contributed by atoms with Crippen molar-refractivity contribution in [2.75, 3.05) is 37.8 Å². The first-order valence-electron chi connectivity index (χ1n) is 14.3. The molecule has 0 saturated carbocycles. The number of piperidine rings is 1. The van der Waals surface area contributed by atoms with Crippen molar-refractivity contribution in [3.8, 4) is 0 Å². The molecule has 0 bridgehead atoms. The molecule has 1 heterocycles. The van der Waals surface area contributed by atoms with Crippen LogP contribution in [0.1, 0.15) is 49.7 Å². The summed E-state index contributed by atoms with van der Waals surface area (Å²) >= 11 is 0. The minimum absolute atomic E-state index is 0.0122. The van der Waals surface area contributed by atoms with Gasteiger partial charge in [-0.1, -0.05) is 24.3 Å². The molecule has 3 rings (SSSR count). The van der Waals surface area contributed by atoms with Gasteiger partial charge in [0.15, 0.2) is 9.84 Å². The van der Waals surface area contributed by atoms with Crippen molar-refractivity contribution in [2.45, 2.75) is 49.8 Å². The molecular formula is C30H42N6O5S. The molecule has 0 aromatic heterocycles. The third kappa shape index (κ3) is 9.66. The predicted octanol–water partition coefficient (Wildman–Crippen LogP) is 2.05. The molecular weight excluding hydrogens is 556 g/mol. The zero-order valence-corrected chi connectivity index (χ0v) is 24.9. The molecule has 42 heavy (non-hydrogen) atoms. The van der Waals surface area contributed by atoms with E-state index in [1.165, 1.54) is 12.1 Å². The summed E-state index contributed by atoms with van der Waals surface area (Å²) in [5, 5.41) is 13.0. The molecule has 0 spiro atoms. The number of benzene rings is 2. The molecule has 1 aliphatic rings. The molecule has 0 aliphatic carbocycles. The minimum atomic E-state index is -3.92. The van der Waals surface area contributed by atoms with Crippen LogP contribution in [0.2, 0.25) is 0 Å². The number of likely N-dealkylation sites (tertiary alicyclic amines) is 1. The lowest BCUT2D eigenvalue weighted by molar-refractivity contribution is -0.136. The number of carbonyl (C=O) groups is 3. The number of nitrogen functional groups attached to an aromatic ring is 1. The number of carbonyl (C=O) groups excluding carboxylic acids is 3. The van der Waals surface area contributed by atoms with Crippen molar-refractivity contribution < 1.29 is 22.8 Å². The molecule has 12 heteroatoms. The second-order valence-corrected chi connectivity index (χ2v) is 12.8. The summed E-state index contributed by atoms with van der Waals surface area (Å²) in [5.74, 6) is -1.51. The number of nitrogens with zero attached hydrogens (tertiary/aromatic N) is 1. The van der Waals surface area contributed by atoms with E-state index < -0.39 is 21.5 Å². The number of hydrogen-bond donors (Lipinski definition) is 5. The number of anilines is 1. The van der Waals surface area contributed by atoms with Gasteiger partial charge >= 0.3 is 0 Å². The predicted molar refractivity (Wildman–Crippen MR) is 163 cm³/mol. The summed E-state index contributed by atoms with van der Waals surface area (Å²) in [6.07, 6.45) is 4.04. The molecule has 1 fully saturated rings. The van der Waals surface area contributed by atoms with Crippen LogP contribution in [-0.4, -0.2) is 69.3 Å². The molecule has 2 aromatic rings. The van der Waals surface area contributed by atoms with Gasteiger partial charge in [-0.05, 0) is 67.9 Å². The average Bonchev–Trinajstić information content (AvgIpc) is 2.97. The molecule has 1 atom stereocenters. The fourth-order valence-corrected chi connectivity index (χ4v) is 6.80. The molecule has 1 aliphatic heterocycles. The van der Waals surface area contributed by atoms with Gasteiger partial charge < -0.3 is 27.0 Å². The molecule has 0 unspecified atom stereocenters. The number of rotatable bonds is 14. The van der Waals surface area contributed by atoms with E-state index in [0.717, 1.165) is 25.7 Å². The van der Waals surface area contributed by atoms with Crippen LogP contribution in [0, 0.1) is 17.2 Å². The molecule has 11 nitrogen and oxygen atoms in total. The van der Waals surface area contributed by atoms with E-state index in [1.807, 2.05) is 0 Å². The average molecular weight is 599 g/mol. The van der Waals surface area contributed by atoms with E-state index in [0.29, 0.717) is 42.2 Å². The van der Waals surface area contributed by atoms with Crippen molar-refractivity contribution >= 4 is 39.1 Å². The number of amides is 3. The maximum atomic E-state index is 13.8. The van der Waals surface area contributed by atoms with Gasteiger partial charge in [0.1, 0.15) is 5.84 Å². The lowest BCUT2D eigenvalue weighted by Gasteiger charge is -2.34. The first-order valence-corrected chi connectivity index (χ1v) is 15.9. The number of hydrogen-bond acceptors (Lipinski definition) is 7. The molecule has 7 N–H and O–H groups in total. The fourth-order valence-electron chi connectivity index (χ4n) is 5.23. The molecule has 228 valence electrons. The monoisotopic (exact) mass is 598 g/mol. The van der Waals surface area contributed by atoms with Gasteiger partial charge in [-0.3, -0.25) is 19.8 Å². The summed E-state index contributed by atoms with van der Waals surface area (Å²) < 4.78 is 27.2. The zero-order valence-electron chi connectivity index (χ0n) is 24.1. The largest absolute Gasteiger partial charge is 0.384 e. The standard InChI is InChI=1S/C30H42N6O5S/c1-34-27(37)10-3-5-21-12-15-36(16-13-21)30(39)24(18-22-6-2-7-23(17-22)29(32)33)20-42(40,41)26-9-4-8-25(19-26)35-28(38)11-14-31/h2,4,6-9,17,19,21,24H,3,5,10-16,18,20,31H2,1H3,(H3,32,33)(H,34,37)(H,35,38)/t24-/m1/s1. The van der Waals surface area contributed by atoms with Crippen LogP contribution in [0.3, 0.4) is 0 Å². The van der Waals surface area contributed by atoms with E-state index in [2.05, 4.69) is 10.6 Å². The minimum Gasteiger partial charge on any atom is -0.384 e. The van der Waals surface area contributed by atoms with Gasteiger partial charge in [0.25, 0.3) is 0 Å². The quantitative estimate of drug-likeness (QED) is 0.162. The van der Waals surface area contributed by atoms with Gasteiger partial charge in [0.05, 0.1) is 16.6 Å². The van der Waals surface area contributed by atoms with Gasteiger partial charge in [-0.15, -0.1) is 0 Å². The summed E-state index contributed by atoms with van der Waals surface area (Å²) in [4.78, 5) is 39.1. The van der Waals surface area contributed by atoms with Crippen molar-refractivity contribution in [1.82, 2.24) is 10.2 Å². The van der Waals surface area contributed by atoms with Crippen LogP contribution in [-0.2, 0) is 30.6 Å². The smallest absolute Gasteiger partial charge is 0.227 e. The zero-order chi connectivity index (χ0) is 30.7. The van der Waals surface area contributed by atoms with E-state index in [1.54, 1.807) is 48.3 Å². The van der Waals surface area contributed by atoms with Crippen LogP contribution in [0.4, 0.5) is 5.69 Å². The van der Waals surface area contributed by atoms with Gasteiger partial charge in [-0.2, -0.15) is 0 Å². The highest BCUT2D eigenvalue weighted by Crippen LogP contribution is 2.27. The summed E-state index contributed by atoms with van der Waals surface area (Å²) in [7, 11) is -2.30. The van der Waals surface area contributed by atoms with Gasteiger partial charge in [0, 0.05) is 50.8 Å². The van der Waals surface area contributed by atoms with E-state index in [4.69, 9.17) is 16.9 Å². The molecule has 1 saturated heterocycles. The summed E-state index contributed by atoms with van der Waals surface area (Å²) in [6, 6.07) is 12.9. The Morgan fingerprint density at radius 3 is 2.43 bits per heavy atom. The van der Waals surface area contributed by atoms with Crippen molar-refractivity contribution in [3.63, 3.8) is 0 Å². The second-order valence-electron chi connectivity index (χ2n) is 10.7. The van der Waals surface area contributed by atoms with Crippen LogP contribution < -0.4 is 22.1 Å². The summed E-state index contributed by atoms with van der Waals surface area (Å²) in [6.45, 7) is 1.22. The molecule has 0 radical (unpaired) electrons. The van der Waals surface area contributed by atoms with Crippen LogP contribution in [0.15, 0.2) is 53.4 Å². The van der Waals surface area contributed by atoms with Crippen molar-refractivity contribution in [3.05, 3.63) is 59.7 Å². The maximum Gasteiger partial charge on any atom is 0.227 e. The Labute approximate surface area is 247 Å². The lowest BCUT2D eigenvalue weighted by Crippen LogP contribution is -2.44. The Morgan fingerprint density at radius 1 is 1.05 bits per heavy atom. The highest BCUT2D eigenvalue weighted by Gasteiger charge is 2.32. The fraction of sp³-hybridized carbons (Fsp3) is 0.467. The summed E-state index contributed by atoms with van der Waals surface area (Å²) in [5.41, 5.74) is 12.6. The van der Waals surface area contributed by atoms with E-state index in [9.17, 15) is 22.8 Å². The number of amidine groups is 1. The Balaban J connectivity index is 1.78. The van der Waals surface area contributed by atoms with Gasteiger partial charge in [-0.25, -0.2) is 8.42 Å². The van der Waals surface area contributed by atoms with Crippen molar-refractivity contribution in [1.29, 1.82) is 5.41 Å². The topological polar surface area (TPSA) is 189 Å². The second kappa shape index (κ2) is 15.5. The Kier molecular flexibility index (Phi) is 12.0. The first-order chi connectivity index (χ1) is 20.0. The Hall–Kier alpha value is -3.77. The number of nitrogens with two attached hydrogens (primary N) is 2. The van der Waals surface area contributed by atoms with Crippen LogP contribution in [0.5, 0.6) is 0 Å². The Bertz CT molecular complexity index is 1370. The van der Waals surface area contributed by atoms with Crippen molar-refractivity contribution in [2.24, 2.45) is 23.3 Å². The Morgan fingerprint density at radius 2 is 1.76 bits per heavy atom. The third-order valence-corrected chi connectivity index (χ3v) is 9.37. The van der Waals surface area contributed by atoms with E-state index >= 15 is 0 Å². The van der Waals surface area contributed by atoms with Crippen LogP contribution >= 0.6 is 0 Å². The SMILES string of the molecule is CNC(=O)CCCC1CCN(C(=O)[C@H](Cc2cccc(C(=N)N)c2)CS(=O)(=O)c2cccc(NC(=O)CCN)c2)CC1. The highest BCUT2D eigenvalue weighted by molar-refractivity contribution is 7.91. The van der Waals surface area contributed by atoms with Gasteiger partial charge in [0.2, 0.25) is 17.7 Å². The highest BCUT2D eigenvalue weighted by atomic mass is 32.2. The first kappa shape index (κ1) is 32.7. The van der Waals surface area contributed by atoms with E-state index in [-0.39, 0.29) is 47.8 Å². The molecule has 2 aromatic carbocycles. The normalized spacial score (nSPS) is 14.7. The van der Waals surface area contributed by atoms with Crippen LogP contribution in [0.25, 0.3) is 0 Å². The lowest BCUT2D eigenvalue weighted by atomic mass is 9.90.